The van der Waals surface area contributed by atoms with E-state index in [0.29, 0.717) is 17.9 Å². The van der Waals surface area contributed by atoms with Gasteiger partial charge in [0.25, 0.3) is 0 Å². The van der Waals surface area contributed by atoms with Crippen LogP contribution in [0.4, 0.5) is 4.79 Å². The number of hydrogen-bond donors (Lipinski definition) is 3. The minimum atomic E-state index is -1.05. The van der Waals surface area contributed by atoms with Gasteiger partial charge in [-0.1, -0.05) is 13.3 Å². The van der Waals surface area contributed by atoms with Crippen LogP contribution in [0.3, 0.4) is 0 Å². The van der Waals surface area contributed by atoms with Gasteiger partial charge in [-0.2, -0.15) is 25.3 Å². The molecule has 0 aliphatic rings. The number of esters is 1. The molecule has 10 heteroatoms. The Balaban J connectivity index is 2.76. The number of rotatable bonds is 16. The molecule has 0 bridgehead atoms. The lowest BCUT2D eigenvalue weighted by Gasteiger charge is -2.33. The van der Waals surface area contributed by atoms with E-state index in [9.17, 15) is 14.7 Å². The standard InChI is InChI=1S/C25H41NO7S2/c1-17(16-27)18(2)26(15-20-10-11-21(30-4)14-23(20)31-5)25(29)33-19(3)32-24(28)9-7-6-8-22(35)12-13-34/h10-11,14,17-19,22,27,34-35H,6-9,12-13,15-16H2,1-5H3. The molecule has 0 saturated heterocycles. The maximum atomic E-state index is 13.1. The molecule has 1 N–H and O–H groups in total. The highest BCUT2D eigenvalue weighted by molar-refractivity contribution is 7.81. The first kappa shape index (κ1) is 31.3. The molecule has 1 aromatic carbocycles. The van der Waals surface area contributed by atoms with Crippen molar-refractivity contribution >= 4 is 37.3 Å². The summed E-state index contributed by atoms with van der Waals surface area (Å²) in [7, 11) is 3.10. The van der Waals surface area contributed by atoms with E-state index < -0.39 is 18.4 Å². The summed E-state index contributed by atoms with van der Waals surface area (Å²) in [5, 5.41) is 9.92. The van der Waals surface area contributed by atoms with Gasteiger partial charge >= 0.3 is 12.1 Å². The lowest BCUT2D eigenvalue weighted by molar-refractivity contribution is -0.166. The molecule has 4 atom stereocenters. The summed E-state index contributed by atoms with van der Waals surface area (Å²) in [6.07, 6.45) is 1.92. The average Bonchev–Trinajstić information content (AvgIpc) is 2.84. The molecular formula is C25H41NO7S2. The maximum absolute atomic E-state index is 13.1. The summed E-state index contributed by atoms with van der Waals surface area (Å²) >= 11 is 8.69. The largest absolute Gasteiger partial charge is 0.497 e. The molecule has 1 amide bonds. The zero-order valence-electron chi connectivity index (χ0n) is 21.4. The minimum Gasteiger partial charge on any atom is -0.497 e. The van der Waals surface area contributed by atoms with Gasteiger partial charge in [-0.3, -0.25) is 4.79 Å². The third kappa shape index (κ3) is 11.2. The Morgan fingerprint density at radius 2 is 1.77 bits per heavy atom. The first-order valence-corrected chi connectivity index (χ1v) is 13.1. The Bertz CT molecular complexity index is 780. The van der Waals surface area contributed by atoms with Crippen LogP contribution < -0.4 is 9.47 Å². The molecule has 4 unspecified atom stereocenters. The highest BCUT2D eigenvalue weighted by Gasteiger charge is 2.29. The Kier molecular flexibility index (Phi) is 15.0. The molecular weight excluding hydrogens is 490 g/mol. The zero-order valence-corrected chi connectivity index (χ0v) is 23.2. The third-order valence-corrected chi connectivity index (χ3v) is 6.64. The van der Waals surface area contributed by atoms with Gasteiger partial charge in [0.05, 0.1) is 20.8 Å². The van der Waals surface area contributed by atoms with Crippen LogP contribution in [0.5, 0.6) is 11.5 Å². The Morgan fingerprint density at radius 1 is 1.06 bits per heavy atom. The van der Waals surface area contributed by atoms with Gasteiger partial charge in [-0.05, 0) is 50.0 Å². The normalized spacial score (nSPS) is 14.4. The highest BCUT2D eigenvalue weighted by Crippen LogP contribution is 2.27. The van der Waals surface area contributed by atoms with E-state index in [2.05, 4.69) is 25.3 Å². The lowest BCUT2D eigenvalue weighted by atomic mass is 10.0. The smallest absolute Gasteiger partial charge is 0.413 e. The average molecular weight is 532 g/mol. The van der Waals surface area contributed by atoms with Crippen LogP contribution in [0.25, 0.3) is 0 Å². The van der Waals surface area contributed by atoms with Crippen molar-refractivity contribution in [2.45, 2.75) is 77.0 Å². The van der Waals surface area contributed by atoms with E-state index in [1.807, 2.05) is 19.9 Å². The molecule has 35 heavy (non-hydrogen) atoms. The summed E-state index contributed by atoms with van der Waals surface area (Å²) in [6, 6.07) is 4.97. The van der Waals surface area contributed by atoms with Crippen LogP contribution in [-0.2, 0) is 20.8 Å². The van der Waals surface area contributed by atoms with Gasteiger partial charge in [0.15, 0.2) is 0 Å². The molecule has 0 aromatic heterocycles. The molecule has 0 aliphatic carbocycles. The molecule has 0 fully saturated rings. The van der Waals surface area contributed by atoms with Crippen molar-refractivity contribution in [1.29, 1.82) is 0 Å². The van der Waals surface area contributed by atoms with Gasteiger partial charge in [0.1, 0.15) is 11.5 Å². The van der Waals surface area contributed by atoms with E-state index in [4.69, 9.17) is 18.9 Å². The van der Waals surface area contributed by atoms with E-state index in [-0.39, 0.29) is 36.8 Å². The van der Waals surface area contributed by atoms with E-state index in [1.165, 1.54) is 11.8 Å². The molecule has 0 aliphatic heterocycles. The van der Waals surface area contributed by atoms with Crippen molar-refractivity contribution in [3.63, 3.8) is 0 Å². The molecule has 0 spiro atoms. The summed E-state index contributed by atoms with van der Waals surface area (Å²) in [5.74, 6) is 1.35. The highest BCUT2D eigenvalue weighted by atomic mass is 32.1. The quantitative estimate of drug-likeness (QED) is 0.123. The fourth-order valence-corrected chi connectivity index (χ4v) is 4.25. The molecule has 200 valence electrons. The Morgan fingerprint density at radius 3 is 2.37 bits per heavy atom. The molecule has 8 nitrogen and oxygen atoms in total. The zero-order chi connectivity index (χ0) is 26.4. The fourth-order valence-electron chi connectivity index (χ4n) is 3.42. The predicted octanol–water partition coefficient (Wildman–Crippen LogP) is 4.73. The third-order valence-electron chi connectivity index (χ3n) is 5.87. The topological polar surface area (TPSA) is 94.5 Å². The number of unbranched alkanes of at least 4 members (excludes halogenated alkanes) is 1. The number of benzene rings is 1. The monoisotopic (exact) mass is 531 g/mol. The summed E-state index contributed by atoms with van der Waals surface area (Å²) in [5.41, 5.74) is 0.743. The van der Waals surface area contributed by atoms with Crippen LogP contribution in [0.15, 0.2) is 18.2 Å². The molecule has 1 aromatic rings. The lowest BCUT2D eigenvalue weighted by Crippen LogP contribution is -2.44. The van der Waals surface area contributed by atoms with Crippen LogP contribution in [-0.4, -0.2) is 66.2 Å². The van der Waals surface area contributed by atoms with Crippen molar-refractivity contribution in [3.8, 4) is 11.5 Å². The Hall–Kier alpha value is -1.78. The second kappa shape index (κ2) is 16.8. The first-order valence-electron chi connectivity index (χ1n) is 11.9. The number of methoxy groups -OCH3 is 2. The molecule has 1 rings (SSSR count). The van der Waals surface area contributed by atoms with Crippen molar-refractivity contribution in [1.82, 2.24) is 4.90 Å². The second-order valence-electron chi connectivity index (χ2n) is 8.56. The number of amides is 1. The SMILES string of the molecule is COc1ccc(CN(C(=O)OC(C)OC(=O)CCCCC(S)CCS)C(C)C(C)CO)c(OC)c1. The van der Waals surface area contributed by atoms with Crippen molar-refractivity contribution in [3.05, 3.63) is 23.8 Å². The number of thiol groups is 2. The van der Waals surface area contributed by atoms with Crippen LogP contribution in [0, 0.1) is 5.92 Å². The van der Waals surface area contributed by atoms with Crippen LogP contribution in [0.1, 0.15) is 58.4 Å². The van der Waals surface area contributed by atoms with Gasteiger partial charge in [-0.15, -0.1) is 0 Å². The number of aliphatic hydroxyl groups excluding tert-OH is 1. The van der Waals surface area contributed by atoms with Gasteiger partial charge in [-0.25, -0.2) is 4.79 Å². The number of hydrogen-bond acceptors (Lipinski definition) is 9. The summed E-state index contributed by atoms with van der Waals surface area (Å²) in [4.78, 5) is 26.7. The molecule has 0 saturated carbocycles. The van der Waals surface area contributed by atoms with Crippen LogP contribution >= 0.6 is 25.3 Å². The van der Waals surface area contributed by atoms with Gasteiger partial charge < -0.3 is 29.0 Å². The summed E-state index contributed by atoms with van der Waals surface area (Å²) in [6.45, 7) is 5.26. The fraction of sp³-hybridized carbons (Fsp3) is 0.680. The second-order valence-corrected chi connectivity index (χ2v) is 9.74. The number of nitrogens with zero attached hydrogens (tertiary/aromatic N) is 1. The number of carbonyl (C=O) groups is 2. The van der Waals surface area contributed by atoms with Gasteiger partial charge in [0.2, 0.25) is 6.29 Å². The number of aliphatic hydroxyl groups is 1. The first-order chi connectivity index (χ1) is 16.7. The van der Waals surface area contributed by atoms with Crippen LogP contribution in [0.2, 0.25) is 0 Å². The van der Waals surface area contributed by atoms with E-state index in [1.54, 1.807) is 26.4 Å². The Labute approximate surface area is 220 Å². The maximum Gasteiger partial charge on any atom is 0.413 e. The number of ether oxygens (including phenoxy) is 4. The molecule has 0 heterocycles. The molecule has 0 radical (unpaired) electrons. The van der Waals surface area contributed by atoms with Crippen molar-refractivity contribution in [2.75, 3.05) is 26.6 Å². The van der Waals surface area contributed by atoms with E-state index >= 15 is 0 Å². The summed E-state index contributed by atoms with van der Waals surface area (Å²) < 4.78 is 21.4. The number of carbonyl (C=O) groups excluding carboxylic acids is 2. The minimum absolute atomic E-state index is 0.101. The van der Waals surface area contributed by atoms with Gasteiger partial charge in [0, 0.05) is 42.9 Å². The van der Waals surface area contributed by atoms with E-state index in [0.717, 1.165) is 30.6 Å². The predicted molar refractivity (Wildman–Crippen MR) is 143 cm³/mol. The van der Waals surface area contributed by atoms with Crippen molar-refractivity contribution in [2.24, 2.45) is 5.92 Å². The van der Waals surface area contributed by atoms with Crippen molar-refractivity contribution < 1.29 is 33.6 Å².